The van der Waals surface area contributed by atoms with Crippen LogP contribution in [0.1, 0.15) is 66.3 Å². The Bertz CT molecular complexity index is 846. The maximum atomic E-state index is 12.9. The van der Waals surface area contributed by atoms with Gasteiger partial charge in [-0.1, -0.05) is 38.1 Å². The van der Waals surface area contributed by atoms with Crippen LogP contribution in [0.3, 0.4) is 0 Å². The molecule has 0 aliphatic carbocycles. The van der Waals surface area contributed by atoms with Gasteiger partial charge in [0.15, 0.2) is 0 Å². The largest absolute Gasteiger partial charge is 0.337 e. The lowest BCUT2D eigenvalue weighted by Crippen LogP contribution is -2.45. The summed E-state index contributed by atoms with van der Waals surface area (Å²) >= 11 is 0. The van der Waals surface area contributed by atoms with Gasteiger partial charge in [-0.2, -0.15) is 0 Å². The molecule has 1 aromatic carbocycles. The summed E-state index contributed by atoms with van der Waals surface area (Å²) in [5.74, 6) is 0.596. The minimum Gasteiger partial charge on any atom is -0.337 e. The fourth-order valence-corrected chi connectivity index (χ4v) is 4.82. The van der Waals surface area contributed by atoms with Crippen molar-refractivity contribution in [3.63, 3.8) is 0 Å². The van der Waals surface area contributed by atoms with Gasteiger partial charge in [0.1, 0.15) is 5.69 Å². The number of aromatic nitrogens is 2. The molecule has 154 valence electrons. The van der Waals surface area contributed by atoms with Crippen molar-refractivity contribution in [2.45, 2.75) is 52.5 Å². The molecule has 0 unspecified atom stereocenters. The van der Waals surface area contributed by atoms with E-state index in [1.165, 1.54) is 24.0 Å². The van der Waals surface area contributed by atoms with E-state index in [4.69, 9.17) is 0 Å². The molecule has 2 aliphatic rings. The van der Waals surface area contributed by atoms with Crippen LogP contribution < -0.4 is 0 Å². The molecular weight excluding hydrogens is 360 g/mol. The van der Waals surface area contributed by atoms with E-state index in [2.05, 4.69) is 53.0 Å². The van der Waals surface area contributed by atoms with E-state index >= 15 is 0 Å². The Hall–Kier alpha value is -2.27. The number of rotatable bonds is 4. The van der Waals surface area contributed by atoms with E-state index in [1.54, 1.807) is 12.4 Å². The van der Waals surface area contributed by atoms with Crippen molar-refractivity contribution < 1.29 is 4.79 Å². The molecule has 0 bridgehead atoms. The van der Waals surface area contributed by atoms with Crippen LogP contribution in [0.5, 0.6) is 0 Å². The van der Waals surface area contributed by atoms with Crippen LogP contribution in [0.15, 0.2) is 36.7 Å². The highest BCUT2D eigenvalue weighted by molar-refractivity contribution is 5.92. The molecule has 2 aliphatic heterocycles. The molecule has 5 nitrogen and oxygen atoms in total. The molecular formula is C24H32N4O. The van der Waals surface area contributed by atoms with Crippen molar-refractivity contribution in [1.29, 1.82) is 0 Å². The average molecular weight is 393 g/mol. The lowest BCUT2D eigenvalue weighted by atomic mass is 9.79. The summed E-state index contributed by atoms with van der Waals surface area (Å²) in [7, 11) is 0. The van der Waals surface area contributed by atoms with E-state index in [0.29, 0.717) is 11.6 Å². The van der Waals surface area contributed by atoms with Gasteiger partial charge in [0, 0.05) is 37.8 Å². The quantitative estimate of drug-likeness (QED) is 0.788. The van der Waals surface area contributed by atoms with Crippen LogP contribution in [-0.4, -0.2) is 51.9 Å². The number of nitrogens with zero attached hydrogens (tertiary/aromatic N) is 4. The number of amides is 1. The summed E-state index contributed by atoms with van der Waals surface area (Å²) in [4.78, 5) is 25.9. The number of aryl methyl sites for hydroxylation is 1. The van der Waals surface area contributed by atoms with E-state index in [0.717, 1.165) is 44.8 Å². The summed E-state index contributed by atoms with van der Waals surface area (Å²) in [6.07, 6.45) is 6.78. The van der Waals surface area contributed by atoms with Crippen molar-refractivity contribution in [1.82, 2.24) is 19.8 Å². The van der Waals surface area contributed by atoms with Crippen LogP contribution >= 0.6 is 0 Å². The fraction of sp³-hybridized carbons (Fsp3) is 0.542. The van der Waals surface area contributed by atoms with Gasteiger partial charge in [-0.05, 0) is 49.8 Å². The predicted octanol–water partition coefficient (Wildman–Crippen LogP) is 4.04. The summed E-state index contributed by atoms with van der Waals surface area (Å²) in [6.45, 7) is 11.2. The van der Waals surface area contributed by atoms with Crippen LogP contribution in [0.2, 0.25) is 0 Å². The minimum atomic E-state index is 0.0239. The molecule has 5 heteroatoms. The summed E-state index contributed by atoms with van der Waals surface area (Å²) in [6, 6.07) is 9.07. The Labute approximate surface area is 174 Å². The first-order valence-corrected chi connectivity index (χ1v) is 10.8. The second-order valence-corrected chi connectivity index (χ2v) is 9.23. The standard InChI is InChI=1S/C24H32N4O/c1-18(2)21-7-5-20(6-8-21)15-27-11-4-9-24(16-27)10-12-28(17-24)23(29)22-14-25-19(3)13-26-22/h5-8,13-14,18H,4,9-12,15-17H2,1-3H3/t24-/m1/s1. The smallest absolute Gasteiger partial charge is 0.274 e. The van der Waals surface area contributed by atoms with Gasteiger partial charge in [-0.15, -0.1) is 0 Å². The first-order chi connectivity index (χ1) is 13.9. The fourth-order valence-electron chi connectivity index (χ4n) is 4.82. The molecule has 29 heavy (non-hydrogen) atoms. The first kappa shape index (κ1) is 20.0. The molecule has 0 N–H and O–H groups in total. The average Bonchev–Trinajstić information content (AvgIpc) is 3.11. The van der Waals surface area contributed by atoms with Gasteiger partial charge < -0.3 is 4.90 Å². The molecule has 4 rings (SSSR count). The number of benzene rings is 1. The highest BCUT2D eigenvalue weighted by Gasteiger charge is 2.43. The lowest BCUT2D eigenvalue weighted by Gasteiger charge is -2.40. The van der Waals surface area contributed by atoms with Crippen LogP contribution in [0, 0.1) is 12.3 Å². The normalized spacial score (nSPS) is 22.6. The van der Waals surface area contributed by atoms with Crippen molar-refractivity contribution in [3.05, 3.63) is 59.2 Å². The third kappa shape index (κ3) is 4.50. The zero-order valence-electron chi connectivity index (χ0n) is 17.9. The Balaban J connectivity index is 1.39. The highest BCUT2D eigenvalue weighted by atomic mass is 16.2. The molecule has 1 atom stereocenters. The second-order valence-electron chi connectivity index (χ2n) is 9.23. The van der Waals surface area contributed by atoms with Crippen molar-refractivity contribution >= 4 is 5.91 Å². The molecule has 1 aromatic heterocycles. The Kier molecular flexibility index (Phi) is 5.68. The molecule has 0 saturated carbocycles. The van der Waals surface area contributed by atoms with Crippen LogP contribution in [0.25, 0.3) is 0 Å². The first-order valence-electron chi connectivity index (χ1n) is 10.8. The van der Waals surface area contributed by atoms with Gasteiger partial charge in [-0.3, -0.25) is 14.7 Å². The Morgan fingerprint density at radius 3 is 2.55 bits per heavy atom. The molecule has 1 spiro atoms. The van der Waals surface area contributed by atoms with Crippen molar-refractivity contribution in [2.75, 3.05) is 26.2 Å². The van der Waals surface area contributed by atoms with E-state index in [-0.39, 0.29) is 11.3 Å². The molecule has 2 fully saturated rings. The molecule has 0 radical (unpaired) electrons. The third-order valence-electron chi connectivity index (χ3n) is 6.52. The predicted molar refractivity (Wildman–Crippen MR) is 115 cm³/mol. The van der Waals surface area contributed by atoms with Gasteiger partial charge in [-0.25, -0.2) is 4.98 Å². The number of hydrogen-bond acceptors (Lipinski definition) is 4. The number of hydrogen-bond donors (Lipinski definition) is 0. The maximum Gasteiger partial charge on any atom is 0.274 e. The summed E-state index contributed by atoms with van der Waals surface area (Å²) < 4.78 is 0. The third-order valence-corrected chi connectivity index (χ3v) is 6.52. The SMILES string of the molecule is Cc1cnc(C(=O)N2CC[C@@]3(CCCN(Cc4ccc(C(C)C)cc4)C3)C2)cn1. The van der Waals surface area contributed by atoms with E-state index in [1.807, 2.05) is 11.8 Å². The number of likely N-dealkylation sites (tertiary alicyclic amines) is 2. The zero-order valence-corrected chi connectivity index (χ0v) is 17.9. The van der Waals surface area contributed by atoms with Gasteiger partial charge in [0.2, 0.25) is 0 Å². The molecule has 1 amide bonds. The van der Waals surface area contributed by atoms with Crippen LogP contribution in [0.4, 0.5) is 0 Å². The van der Waals surface area contributed by atoms with Crippen LogP contribution in [-0.2, 0) is 6.54 Å². The van der Waals surface area contributed by atoms with E-state index < -0.39 is 0 Å². The van der Waals surface area contributed by atoms with E-state index in [9.17, 15) is 4.79 Å². The highest BCUT2D eigenvalue weighted by Crippen LogP contribution is 2.39. The number of carbonyl (C=O) groups excluding carboxylic acids is 1. The summed E-state index contributed by atoms with van der Waals surface area (Å²) in [5.41, 5.74) is 4.30. The topological polar surface area (TPSA) is 49.3 Å². The van der Waals surface area contributed by atoms with Gasteiger partial charge >= 0.3 is 0 Å². The number of piperidine rings is 1. The lowest BCUT2D eigenvalue weighted by molar-refractivity contribution is 0.0670. The molecule has 3 heterocycles. The summed E-state index contributed by atoms with van der Waals surface area (Å²) in [5, 5.41) is 0. The van der Waals surface area contributed by atoms with Gasteiger partial charge in [0.25, 0.3) is 5.91 Å². The van der Waals surface area contributed by atoms with Crippen molar-refractivity contribution in [3.8, 4) is 0 Å². The number of carbonyl (C=O) groups is 1. The van der Waals surface area contributed by atoms with Crippen molar-refractivity contribution in [2.24, 2.45) is 5.41 Å². The molecule has 2 saturated heterocycles. The second kappa shape index (κ2) is 8.23. The zero-order chi connectivity index (χ0) is 20.4. The maximum absolute atomic E-state index is 12.9. The minimum absolute atomic E-state index is 0.0239. The molecule has 2 aromatic rings. The Morgan fingerprint density at radius 1 is 1.07 bits per heavy atom. The monoisotopic (exact) mass is 392 g/mol. The van der Waals surface area contributed by atoms with Gasteiger partial charge in [0.05, 0.1) is 11.9 Å². The Morgan fingerprint density at radius 2 is 1.86 bits per heavy atom.